The molecular weight excluding hydrogens is 202 g/mol. The SMILES string of the molecule is CC(C)N1CCN(c2nn(C)cc2N)CC1. The second-order valence-electron chi connectivity index (χ2n) is 4.70. The first-order chi connectivity index (χ1) is 7.58. The van der Waals surface area contributed by atoms with E-state index in [4.69, 9.17) is 5.73 Å². The largest absolute Gasteiger partial charge is 0.394 e. The quantitative estimate of drug-likeness (QED) is 0.794. The first kappa shape index (κ1) is 11.3. The van der Waals surface area contributed by atoms with Crippen molar-refractivity contribution >= 4 is 11.5 Å². The number of nitrogens with two attached hydrogens (primary N) is 1. The fourth-order valence-corrected chi connectivity index (χ4v) is 2.19. The summed E-state index contributed by atoms with van der Waals surface area (Å²) < 4.78 is 1.78. The molecule has 0 spiro atoms. The van der Waals surface area contributed by atoms with Gasteiger partial charge >= 0.3 is 0 Å². The molecule has 2 heterocycles. The minimum Gasteiger partial charge on any atom is -0.394 e. The van der Waals surface area contributed by atoms with Gasteiger partial charge in [0, 0.05) is 45.5 Å². The number of hydrogen-bond donors (Lipinski definition) is 1. The summed E-state index contributed by atoms with van der Waals surface area (Å²) in [5.74, 6) is 0.936. The Hall–Kier alpha value is -1.23. The zero-order valence-corrected chi connectivity index (χ0v) is 10.3. The average Bonchev–Trinajstić information content (AvgIpc) is 2.58. The molecule has 1 aromatic rings. The van der Waals surface area contributed by atoms with E-state index in [-0.39, 0.29) is 0 Å². The first-order valence-corrected chi connectivity index (χ1v) is 5.86. The van der Waals surface area contributed by atoms with E-state index in [2.05, 4.69) is 28.7 Å². The van der Waals surface area contributed by atoms with Crippen LogP contribution in [0.3, 0.4) is 0 Å². The summed E-state index contributed by atoms with van der Waals surface area (Å²) in [6.45, 7) is 8.69. The average molecular weight is 223 g/mol. The lowest BCUT2D eigenvalue weighted by Gasteiger charge is -2.37. The fraction of sp³-hybridized carbons (Fsp3) is 0.727. The molecule has 0 radical (unpaired) electrons. The standard InChI is InChI=1S/C11H21N5/c1-9(2)15-4-6-16(7-5-15)11-10(12)8-14(3)13-11/h8-9H,4-7,12H2,1-3H3. The normalized spacial score (nSPS) is 18.4. The van der Waals surface area contributed by atoms with Gasteiger partial charge in [-0.2, -0.15) is 5.10 Å². The van der Waals surface area contributed by atoms with Gasteiger partial charge in [0.05, 0.1) is 5.69 Å². The van der Waals surface area contributed by atoms with Crippen molar-refractivity contribution in [2.45, 2.75) is 19.9 Å². The number of rotatable bonds is 2. The highest BCUT2D eigenvalue weighted by Gasteiger charge is 2.21. The maximum absolute atomic E-state index is 5.93. The molecule has 1 aliphatic rings. The summed E-state index contributed by atoms with van der Waals surface area (Å²) in [7, 11) is 1.91. The highest BCUT2D eigenvalue weighted by atomic mass is 15.4. The fourth-order valence-electron chi connectivity index (χ4n) is 2.19. The molecule has 0 amide bonds. The second-order valence-corrected chi connectivity index (χ2v) is 4.70. The lowest BCUT2D eigenvalue weighted by molar-refractivity contribution is 0.209. The molecule has 0 unspecified atom stereocenters. The van der Waals surface area contributed by atoms with Crippen molar-refractivity contribution < 1.29 is 0 Å². The van der Waals surface area contributed by atoms with Crippen LogP contribution in [-0.2, 0) is 7.05 Å². The Labute approximate surface area is 96.8 Å². The predicted molar refractivity (Wildman–Crippen MR) is 66.5 cm³/mol. The van der Waals surface area contributed by atoms with Gasteiger partial charge in [0.1, 0.15) is 0 Å². The van der Waals surface area contributed by atoms with E-state index in [1.807, 2.05) is 13.2 Å². The molecule has 5 heteroatoms. The molecule has 1 saturated heterocycles. The smallest absolute Gasteiger partial charge is 0.173 e. The van der Waals surface area contributed by atoms with E-state index in [9.17, 15) is 0 Å². The number of anilines is 2. The Morgan fingerprint density at radius 2 is 1.88 bits per heavy atom. The van der Waals surface area contributed by atoms with Crippen molar-refractivity contribution in [2.75, 3.05) is 36.8 Å². The van der Waals surface area contributed by atoms with Crippen LogP contribution in [0, 0.1) is 0 Å². The van der Waals surface area contributed by atoms with Crippen molar-refractivity contribution in [3.8, 4) is 0 Å². The highest BCUT2D eigenvalue weighted by molar-refractivity contribution is 5.61. The van der Waals surface area contributed by atoms with Gasteiger partial charge in [0.25, 0.3) is 0 Å². The van der Waals surface area contributed by atoms with Crippen LogP contribution < -0.4 is 10.6 Å². The molecular formula is C11H21N5. The Bertz CT molecular complexity index is 349. The molecule has 2 N–H and O–H groups in total. The zero-order chi connectivity index (χ0) is 11.7. The van der Waals surface area contributed by atoms with Crippen LogP contribution in [0.2, 0.25) is 0 Å². The minimum atomic E-state index is 0.628. The summed E-state index contributed by atoms with van der Waals surface area (Å²) in [5, 5.41) is 4.40. The highest BCUT2D eigenvalue weighted by Crippen LogP contribution is 2.21. The van der Waals surface area contributed by atoms with Gasteiger partial charge in [-0.1, -0.05) is 0 Å². The van der Waals surface area contributed by atoms with E-state index in [0.29, 0.717) is 6.04 Å². The molecule has 0 saturated carbocycles. The molecule has 2 rings (SSSR count). The summed E-state index contributed by atoms with van der Waals surface area (Å²) in [5.41, 5.74) is 6.71. The van der Waals surface area contributed by atoms with Gasteiger partial charge in [0.15, 0.2) is 5.82 Å². The third-order valence-corrected chi connectivity index (χ3v) is 3.18. The van der Waals surface area contributed by atoms with Gasteiger partial charge in [-0.15, -0.1) is 0 Å². The molecule has 0 atom stereocenters. The maximum atomic E-state index is 5.93. The van der Waals surface area contributed by atoms with Crippen molar-refractivity contribution in [3.63, 3.8) is 0 Å². The van der Waals surface area contributed by atoms with E-state index in [0.717, 1.165) is 37.7 Å². The number of aryl methyl sites for hydroxylation is 1. The number of aromatic nitrogens is 2. The summed E-state index contributed by atoms with van der Waals surface area (Å²) in [4.78, 5) is 4.75. The Morgan fingerprint density at radius 3 is 2.31 bits per heavy atom. The molecule has 0 aromatic carbocycles. The lowest BCUT2D eigenvalue weighted by atomic mass is 10.2. The molecule has 0 aliphatic carbocycles. The second kappa shape index (κ2) is 4.33. The number of nitrogens with zero attached hydrogens (tertiary/aromatic N) is 4. The van der Waals surface area contributed by atoms with Crippen molar-refractivity contribution in [2.24, 2.45) is 7.05 Å². The van der Waals surface area contributed by atoms with Gasteiger partial charge < -0.3 is 10.6 Å². The molecule has 1 aliphatic heterocycles. The van der Waals surface area contributed by atoms with Gasteiger partial charge in [0.2, 0.25) is 0 Å². The maximum Gasteiger partial charge on any atom is 0.173 e. The third kappa shape index (κ3) is 2.14. The van der Waals surface area contributed by atoms with Gasteiger partial charge in [-0.3, -0.25) is 9.58 Å². The Morgan fingerprint density at radius 1 is 1.25 bits per heavy atom. The van der Waals surface area contributed by atoms with Crippen LogP contribution in [0.5, 0.6) is 0 Å². The zero-order valence-electron chi connectivity index (χ0n) is 10.3. The topological polar surface area (TPSA) is 50.3 Å². The van der Waals surface area contributed by atoms with Crippen molar-refractivity contribution in [1.29, 1.82) is 0 Å². The number of nitrogen functional groups attached to an aromatic ring is 1. The molecule has 90 valence electrons. The van der Waals surface area contributed by atoms with Crippen LogP contribution >= 0.6 is 0 Å². The predicted octanol–water partition coefficient (Wildman–Crippen LogP) is 0.533. The molecule has 1 aromatic heterocycles. The van der Waals surface area contributed by atoms with E-state index in [1.165, 1.54) is 0 Å². The van der Waals surface area contributed by atoms with Gasteiger partial charge in [-0.05, 0) is 13.8 Å². The van der Waals surface area contributed by atoms with Crippen molar-refractivity contribution in [1.82, 2.24) is 14.7 Å². The minimum absolute atomic E-state index is 0.628. The molecule has 5 nitrogen and oxygen atoms in total. The van der Waals surface area contributed by atoms with Crippen molar-refractivity contribution in [3.05, 3.63) is 6.20 Å². The van der Waals surface area contributed by atoms with Crippen LogP contribution in [-0.4, -0.2) is 46.9 Å². The van der Waals surface area contributed by atoms with Crippen LogP contribution in [0.25, 0.3) is 0 Å². The van der Waals surface area contributed by atoms with E-state index >= 15 is 0 Å². The van der Waals surface area contributed by atoms with Crippen LogP contribution in [0.1, 0.15) is 13.8 Å². The monoisotopic (exact) mass is 223 g/mol. The summed E-state index contributed by atoms with van der Waals surface area (Å²) >= 11 is 0. The number of piperazine rings is 1. The van der Waals surface area contributed by atoms with Crippen LogP contribution in [0.4, 0.5) is 11.5 Å². The lowest BCUT2D eigenvalue weighted by Crippen LogP contribution is -2.49. The Balaban J connectivity index is 2.01. The third-order valence-electron chi connectivity index (χ3n) is 3.18. The summed E-state index contributed by atoms with van der Waals surface area (Å²) in [6, 6.07) is 0.628. The van der Waals surface area contributed by atoms with E-state index < -0.39 is 0 Å². The molecule has 0 bridgehead atoms. The number of hydrogen-bond acceptors (Lipinski definition) is 4. The molecule has 16 heavy (non-hydrogen) atoms. The Kier molecular flexibility index (Phi) is 3.05. The van der Waals surface area contributed by atoms with E-state index in [1.54, 1.807) is 4.68 Å². The van der Waals surface area contributed by atoms with Gasteiger partial charge in [-0.25, -0.2) is 0 Å². The first-order valence-electron chi connectivity index (χ1n) is 5.86. The van der Waals surface area contributed by atoms with Crippen LogP contribution in [0.15, 0.2) is 6.20 Å². The molecule has 1 fully saturated rings. The summed E-state index contributed by atoms with van der Waals surface area (Å²) in [6.07, 6.45) is 1.87.